The van der Waals surface area contributed by atoms with Gasteiger partial charge in [0.2, 0.25) is 0 Å². The molecular weight excluding hydrogens is 363 g/mol. The van der Waals surface area contributed by atoms with Crippen LogP contribution in [0.2, 0.25) is 5.02 Å². The molecule has 0 unspecified atom stereocenters. The van der Waals surface area contributed by atoms with Crippen LogP contribution in [0.4, 0.5) is 10.1 Å². The number of aromatic nitrogens is 3. The number of nitrogen functional groups attached to an aromatic ring is 1. The minimum absolute atomic E-state index is 0.158. The quantitative estimate of drug-likeness (QED) is 0.401. The number of thioether (sulfide) groups is 1. The van der Waals surface area contributed by atoms with E-state index in [9.17, 15) is 4.39 Å². The molecule has 0 aliphatic heterocycles. The molecule has 2 aromatic heterocycles. The van der Waals surface area contributed by atoms with Crippen molar-refractivity contribution in [3.05, 3.63) is 41.1 Å². The SMILES string of the molecule is CSc1nccc(-c2oc(C3CC3)nc2-c2cc(F)cc(N)c2Cl)n1. The van der Waals surface area contributed by atoms with E-state index < -0.39 is 5.82 Å². The molecule has 1 fully saturated rings. The first kappa shape index (κ1) is 16.4. The van der Waals surface area contributed by atoms with E-state index in [-0.39, 0.29) is 10.7 Å². The van der Waals surface area contributed by atoms with Gasteiger partial charge in [-0.25, -0.2) is 19.3 Å². The molecule has 0 radical (unpaired) electrons. The fourth-order valence-corrected chi connectivity index (χ4v) is 3.10. The Morgan fingerprint density at radius 2 is 2.12 bits per heavy atom. The van der Waals surface area contributed by atoms with E-state index in [0.717, 1.165) is 12.8 Å². The van der Waals surface area contributed by atoms with Crippen LogP contribution >= 0.6 is 23.4 Å². The third kappa shape index (κ3) is 3.09. The molecule has 2 N–H and O–H groups in total. The Morgan fingerprint density at radius 1 is 1.32 bits per heavy atom. The smallest absolute Gasteiger partial charge is 0.198 e. The third-order valence-electron chi connectivity index (χ3n) is 3.94. The van der Waals surface area contributed by atoms with Crippen molar-refractivity contribution >= 4 is 29.1 Å². The Morgan fingerprint density at radius 3 is 2.84 bits per heavy atom. The maximum absolute atomic E-state index is 13.9. The van der Waals surface area contributed by atoms with Crippen molar-refractivity contribution in [3.63, 3.8) is 0 Å². The van der Waals surface area contributed by atoms with Crippen molar-refractivity contribution in [2.45, 2.75) is 23.9 Å². The lowest BCUT2D eigenvalue weighted by atomic mass is 10.1. The molecule has 0 amide bonds. The Bertz CT molecular complexity index is 958. The summed E-state index contributed by atoms with van der Waals surface area (Å²) in [5.74, 6) is 0.880. The zero-order valence-electron chi connectivity index (χ0n) is 13.3. The zero-order chi connectivity index (χ0) is 17.6. The zero-order valence-corrected chi connectivity index (χ0v) is 14.9. The summed E-state index contributed by atoms with van der Waals surface area (Å²) in [5, 5.41) is 0.857. The van der Waals surface area contributed by atoms with E-state index in [4.69, 9.17) is 21.8 Å². The van der Waals surface area contributed by atoms with Gasteiger partial charge in [0, 0.05) is 17.7 Å². The summed E-state index contributed by atoms with van der Waals surface area (Å²) in [6.45, 7) is 0. The molecular formula is C17H14ClFN4OS. The molecule has 1 aliphatic rings. The highest BCUT2D eigenvalue weighted by molar-refractivity contribution is 7.98. The number of nitrogens with two attached hydrogens (primary N) is 1. The van der Waals surface area contributed by atoms with E-state index in [2.05, 4.69) is 15.0 Å². The molecule has 3 aromatic rings. The van der Waals surface area contributed by atoms with Gasteiger partial charge in [0.1, 0.15) is 17.2 Å². The Labute approximate surface area is 152 Å². The van der Waals surface area contributed by atoms with Crippen molar-refractivity contribution < 1.29 is 8.81 Å². The van der Waals surface area contributed by atoms with Crippen molar-refractivity contribution in [1.29, 1.82) is 0 Å². The summed E-state index contributed by atoms with van der Waals surface area (Å²) in [6, 6.07) is 4.23. The van der Waals surface area contributed by atoms with Crippen LogP contribution in [0, 0.1) is 5.82 Å². The van der Waals surface area contributed by atoms with Crippen molar-refractivity contribution in [2.75, 3.05) is 12.0 Å². The maximum Gasteiger partial charge on any atom is 0.198 e. The monoisotopic (exact) mass is 376 g/mol. The number of nitrogens with zero attached hydrogens (tertiary/aromatic N) is 3. The Balaban J connectivity index is 1.93. The van der Waals surface area contributed by atoms with E-state index in [1.165, 1.54) is 23.9 Å². The van der Waals surface area contributed by atoms with Gasteiger partial charge in [0.25, 0.3) is 0 Å². The second-order valence-electron chi connectivity index (χ2n) is 5.79. The molecule has 8 heteroatoms. The second kappa shape index (κ2) is 6.31. The molecule has 5 nitrogen and oxygen atoms in total. The summed E-state index contributed by atoms with van der Waals surface area (Å²) in [7, 11) is 0. The first-order chi connectivity index (χ1) is 12.1. The van der Waals surface area contributed by atoms with Crippen LogP contribution < -0.4 is 5.73 Å². The third-order valence-corrected chi connectivity index (χ3v) is 4.92. The van der Waals surface area contributed by atoms with E-state index >= 15 is 0 Å². The molecule has 25 heavy (non-hydrogen) atoms. The molecule has 1 aliphatic carbocycles. The minimum Gasteiger partial charge on any atom is -0.438 e. The molecule has 0 atom stereocenters. The fourth-order valence-electron chi connectivity index (χ4n) is 2.55. The molecule has 128 valence electrons. The average molecular weight is 377 g/mol. The average Bonchev–Trinajstić information content (AvgIpc) is 3.37. The summed E-state index contributed by atoms with van der Waals surface area (Å²) in [6.07, 6.45) is 5.59. The molecule has 4 rings (SSSR count). The predicted molar refractivity (Wildman–Crippen MR) is 96.1 cm³/mol. The Hall–Kier alpha value is -2.12. The normalized spacial score (nSPS) is 14.0. The number of oxazole rings is 1. The van der Waals surface area contributed by atoms with Gasteiger partial charge in [0.15, 0.2) is 16.8 Å². The van der Waals surface area contributed by atoms with Gasteiger partial charge < -0.3 is 10.2 Å². The van der Waals surface area contributed by atoms with Crippen LogP contribution in [0.15, 0.2) is 34.0 Å². The first-order valence-electron chi connectivity index (χ1n) is 7.70. The first-order valence-corrected chi connectivity index (χ1v) is 9.30. The summed E-state index contributed by atoms with van der Waals surface area (Å²) >= 11 is 7.73. The number of hydrogen-bond donors (Lipinski definition) is 1. The van der Waals surface area contributed by atoms with Crippen LogP contribution in [0.1, 0.15) is 24.7 Å². The van der Waals surface area contributed by atoms with Crippen LogP contribution in [0.25, 0.3) is 22.7 Å². The van der Waals surface area contributed by atoms with Gasteiger partial charge >= 0.3 is 0 Å². The molecule has 0 bridgehead atoms. The van der Waals surface area contributed by atoms with Crippen LogP contribution in [-0.4, -0.2) is 21.2 Å². The van der Waals surface area contributed by atoms with Gasteiger partial charge in [-0.05, 0) is 37.3 Å². The standard InChI is InChI=1S/C17H14ClFN4OS/c1-25-17-21-5-4-12(22-17)15-14(23-16(24-15)8-2-3-8)10-6-9(19)7-11(20)13(10)18/h4-8H,2-3,20H2,1H3. The Kier molecular flexibility index (Phi) is 4.13. The van der Waals surface area contributed by atoms with Crippen molar-refractivity contribution in [3.8, 4) is 22.7 Å². The van der Waals surface area contributed by atoms with E-state index in [1.807, 2.05) is 6.26 Å². The molecule has 0 saturated heterocycles. The van der Waals surface area contributed by atoms with Gasteiger partial charge in [-0.3, -0.25) is 0 Å². The molecule has 1 aromatic carbocycles. The van der Waals surface area contributed by atoms with Gasteiger partial charge in [-0.2, -0.15) is 0 Å². The van der Waals surface area contributed by atoms with Crippen molar-refractivity contribution in [2.24, 2.45) is 0 Å². The number of anilines is 1. The highest BCUT2D eigenvalue weighted by Crippen LogP contribution is 2.45. The molecule has 2 heterocycles. The van der Waals surface area contributed by atoms with Gasteiger partial charge in [-0.1, -0.05) is 23.4 Å². The van der Waals surface area contributed by atoms with E-state index in [1.54, 1.807) is 12.3 Å². The lowest BCUT2D eigenvalue weighted by molar-refractivity contribution is 0.507. The van der Waals surface area contributed by atoms with Gasteiger partial charge in [0.05, 0.1) is 10.7 Å². The minimum atomic E-state index is -0.480. The predicted octanol–water partition coefficient (Wildman–Crippen LogP) is 4.77. The lowest BCUT2D eigenvalue weighted by Gasteiger charge is -2.06. The van der Waals surface area contributed by atoms with Crippen LogP contribution in [-0.2, 0) is 0 Å². The largest absolute Gasteiger partial charge is 0.438 e. The van der Waals surface area contributed by atoms with Crippen molar-refractivity contribution in [1.82, 2.24) is 15.0 Å². The maximum atomic E-state index is 13.9. The highest BCUT2D eigenvalue weighted by Gasteiger charge is 2.32. The topological polar surface area (TPSA) is 77.8 Å². The number of benzene rings is 1. The molecule has 0 spiro atoms. The fraction of sp³-hybridized carbons (Fsp3) is 0.235. The number of hydrogen-bond acceptors (Lipinski definition) is 6. The van der Waals surface area contributed by atoms with Gasteiger partial charge in [-0.15, -0.1) is 0 Å². The lowest BCUT2D eigenvalue weighted by Crippen LogP contribution is -1.94. The summed E-state index contributed by atoms with van der Waals surface area (Å²) in [4.78, 5) is 13.2. The highest BCUT2D eigenvalue weighted by atomic mass is 35.5. The van der Waals surface area contributed by atoms with E-state index in [0.29, 0.717) is 39.7 Å². The number of halogens is 2. The number of rotatable bonds is 4. The van der Waals surface area contributed by atoms with Crippen LogP contribution in [0.3, 0.4) is 0 Å². The summed E-state index contributed by atoms with van der Waals surface area (Å²) in [5.41, 5.74) is 7.39. The summed E-state index contributed by atoms with van der Waals surface area (Å²) < 4.78 is 19.9. The molecule has 1 saturated carbocycles. The van der Waals surface area contributed by atoms with Crippen LogP contribution in [0.5, 0.6) is 0 Å². The second-order valence-corrected chi connectivity index (χ2v) is 6.94.